The number of benzene rings is 1. The fourth-order valence-electron chi connectivity index (χ4n) is 2.06. The number of hydrogen-bond donors (Lipinski definition) is 1. The second-order valence-corrected chi connectivity index (χ2v) is 6.20. The molecular formula is C16H15N3O2S. The molecule has 0 amide bonds. The van der Waals surface area contributed by atoms with Crippen LogP contribution in [0, 0.1) is 17.2 Å². The number of H-pyrrole nitrogens is 1. The van der Waals surface area contributed by atoms with Gasteiger partial charge in [0.1, 0.15) is 17.4 Å². The predicted octanol–water partition coefficient (Wildman–Crippen LogP) is 2.82. The van der Waals surface area contributed by atoms with E-state index in [4.69, 9.17) is 4.74 Å². The van der Waals surface area contributed by atoms with Crippen LogP contribution in [0.1, 0.15) is 18.4 Å². The lowest BCUT2D eigenvalue weighted by molar-refractivity contribution is 0.415. The lowest BCUT2D eigenvalue weighted by Crippen LogP contribution is -2.15. The summed E-state index contributed by atoms with van der Waals surface area (Å²) in [6, 6.07) is 9.13. The number of nitrogens with zero attached hydrogens (tertiary/aromatic N) is 2. The van der Waals surface area contributed by atoms with Gasteiger partial charge in [0.25, 0.3) is 5.56 Å². The summed E-state index contributed by atoms with van der Waals surface area (Å²) in [7, 11) is 1.59. The quantitative estimate of drug-likeness (QED) is 0.678. The van der Waals surface area contributed by atoms with Crippen LogP contribution in [0.5, 0.6) is 5.75 Å². The molecule has 0 aliphatic heterocycles. The smallest absolute Gasteiger partial charge is 0.270 e. The second kappa shape index (κ2) is 6.24. The molecule has 1 aliphatic carbocycles. The van der Waals surface area contributed by atoms with Gasteiger partial charge in [-0.1, -0.05) is 11.8 Å². The monoisotopic (exact) mass is 313 g/mol. The van der Waals surface area contributed by atoms with Crippen LogP contribution in [-0.4, -0.2) is 22.8 Å². The molecule has 3 rings (SSSR count). The molecule has 22 heavy (non-hydrogen) atoms. The Balaban J connectivity index is 1.98. The summed E-state index contributed by atoms with van der Waals surface area (Å²) in [6.07, 6.45) is 2.50. The Bertz CT molecular complexity index is 773. The third-order valence-corrected chi connectivity index (χ3v) is 4.63. The molecule has 0 unspecified atom stereocenters. The molecule has 1 heterocycles. The first-order chi connectivity index (χ1) is 10.7. The summed E-state index contributed by atoms with van der Waals surface area (Å²) in [4.78, 5) is 19.3. The number of methoxy groups -OCH3 is 1. The Morgan fingerprint density at radius 3 is 2.73 bits per heavy atom. The van der Waals surface area contributed by atoms with Crippen molar-refractivity contribution in [3.05, 3.63) is 40.2 Å². The van der Waals surface area contributed by atoms with Crippen molar-refractivity contribution >= 4 is 11.8 Å². The van der Waals surface area contributed by atoms with Crippen LogP contribution in [0.2, 0.25) is 0 Å². The molecule has 5 nitrogen and oxygen atoms in total. The van der Waals surface area contributed by atoms with Crippen molar-refractivity contribution in [3.8, 4) is 23.1 Å². The van der Waals surface area contributed by atoms with Crippen molar-refractivity contribution in [2.75, 3.05) is 12.9 Å². The zero-order chi connectivity index (χ0) is 15.5. The molecule has 0 spiro atoms. The van der Waals surface area contributed by atoms with E-state index in [1.165, 1.54) is 12.8 Å². The van der Waals surface area contributed by atoms with Crippen molar-refractivity contribution in [2.24, 2.45) is 5.92 Å². The molecule has 0 saturated heterocycles. The van der Waals surface area contributed by atoms with E-state index in [0.29, 0.717) is 10.9 Å². The van der Waals surface area contributed by atoms with Gasteiger partial charge in [-0.3, -0.25) is 4.79 Å². The number of aromatic nitrogens is 2. The van der Waals surface area contributed by atoms with Crippen LogP contribution in [0.3, 0.4) is 0 Å². The molecule has 0 atom stereocenters. The highest BCUT2D eigenvalue weighted by Crippen LogP contribution is 2.34. The average molecular weight is 313 g/mol. The molecule has 1 aliphatic rings. The van der Waals surface area contributed by atoms with Gasteiger partial charge in [0, 0.05) is 11.3 Å². The highest BCUT2D eigenvalue weighted by molar-refractivity contribution is 7.99. The predicted molar refractivity (Wildman–Crippen MR) is 85.0 cm³/mol. The lowest BCUT2D eigenvalue weighted by atomic mass is 10.1. The topological polar surface area (TPSA) is 78.8 Å². The largest absolute Gasteiger partial charge is 0.497 e. The normalized spacial score (nSPS) is 13.6. The van der Waals surface area contributed by atoms with Gasteiger partial charge in [-0.2, -0.15) is 5.26 Å². The summed E-state index contributed by atoms with van der Waals surface area (Å²) in [6.45, 7) is 0. The Labute approximate surface area is 132 Å². The Hall–Kier alpha value is -2.26. The van der Waals surface area contributed by atoms with Crippen LogP contribution < -0.4 is 10.3 Å². The molecule has 1 aromatic carbocycles. The number of nitriles is 1. The van der Waals surface area contributed by atoms with Gasteiger partial charge in [-0.05, 0) is 43.0 Å². The van der Waals surface area contributed by atoms with Crippen molar-refractivity contribution < 1.29 is 4.74 Å². The molecule has 1 fully saturated rings. The molecule has 1 aromatic heterocycles. The van der Waals surface area contributed by atoms with Crippen LogP contribution in [0.25, 0.3) is 11.3 Å². The third kappa shape index (κ3) is 3.15. The van der Waals surface area contributed by atoms with Gasteiger partial charge in [-0.15, -0.1) is 0 Å². The molecule has 1 N–H and O–H groups in total. The molecule has 0 radical (unpaired) electrons. The van der Waals surface area contributed by atoms with Crippen LogP contribution in [-0.2, 0) is 0 Å². The number of rotatable bonds is 5. The van der Waals surface area contributed by atoms with E-state index in [2.05, 4.69) is 9.97 Å². The van der Waals surface area contributed by atoms with Crippen LogP contribution in [0.4, 0.5) is 0 Å². The fourth-order valence-corrected chi connectivity index (χ4v) is 3.11. The number of hydrogen-bond acceptors (Lipinski definition) is 5. The van der Waals surface area contributed by atoms with Gasteiger partial charge in [0.2, 0.25) is 0 Å². The lowest BCUT2D eigenvalue weighted by Gasteiger charge is -2.07. The standard InChI is InChI=1S/C16H15N3O2S/c1-21-12-6-4-11(5-7-12)14-13(8-17)15(20)19-16(18-14)22-9-10-2-3-10/h4-7,10H,2-3,9H2,1H3,(H,18,19,20). The first-order valence-electron chi connectivity index (χ1n) is 7.03. The van der Waals surface area contributed by atoms with Gasteiger partial charge >= 0.3 is 0 Å². The third-order valence-electron chi connectivity index (χ3n) is 3.53. The van der Waals surface area contributed by atoms with E-state index in [9.17, 15) is 10.1 Å². The second-order valence-electron chi connectivity index (χ2n) is 5.19. The number of nitrogens with one attached hydrogen (secondary N) is 1. The number of thioether (sulfide) groups is 1. The summed E-state index contributed by atoms with van der Waals surface area (Å²) >= 11 is 1.54. The van der Waals surface area contributed by atoms with E-state index in [1.807, 2.05) is 6.07 Å². The van der Waals surface area contributed by atoms with E-state index >= 15 is 0 Å². The summed E-state index contributed by atoms with van der Waals surface area (Å²) in [5.41, 5.74) is 0.812. The molecule has 1 saturated carbocycles. The molecule has 6 heteroatoms. The SMILES string of the molecule is COc1ccc(-c2nc(SCC3CC3)[nH]c(=O)c2C#N)cc1. The van der Waals surface area contributed by atoms with Gasteiger partial charge in [0.05, 0.1) is 12.8 Å². The maximum atomic E-state index is 12.1. The van der Waals surface area contributed by atoms with Crippen molar-refractivity contribution in [3.63, 3.8) is 0 Å². The van der Waals surface area contributed by atoms with Gasteiger partial charge in [-0.25, -0.2) is 4.98 Å². The molecule has 0 bridgehead atoms. The van der Waals surface area contributed by atoms with Crippen molar-refractivity contribution in [1.29, 1.82) is 5.26 Å². The van der Waals surface area contributed by atoms with Gasteiger partial charge < -0.3 is 9.72 Å². The molecular weight excluding hydrogens is 298 g/mol. The maximum absolute atomic E-state index is 12.1. The Morgan fingerprint density at radius 1 is 1.41 bits per heavy atom. The van der Waals surface area contributed by atoms with E-state index in [0.717, 1.165) is 23.0 Å². The Kier molecular flexibility index (Phi) is 4.16. The van der Waals surface area contributed by atoms with E-state index in [-0.39, 0.29) is 11.1 Å². The van der Waals surface area contributed by atoms with Crippen molar-refractivity contribution in [2.45, 2.75) is 18.0 Å². The molecule has 112 valence electrons. The first-order valence-corrected chi connectivity index (χ1v) is 8.01. The zero-order valence-corrected chi connectivity index (χ0v) is 12.9. The summed E-state index contributed by atoms with van der Waals surface area (Å²) in [5.74, 6) is 2.41. The summed E-state index contributed by atoms with van der Waals surface area (Å²) < 4.78 is 5.12. The summed E-state index contributed by atoms with van der Waals surface area (Å²) in [5, 5.41) is 9.81. The fraction of sp³-hybridized carbons (Fsp3) is 0.312. The highest BCUT2D eigenvalue weighted by atomic mass is 32.2. The van der Waals surface area contributed by atoms with E-state index < -0.39 is 0 Å². The van der Waals surface area contributed by atoms with E-state index in [1.54, 1.807) is 43.1 Å². The zero-order valence-electron chi connectivity index (χ0n) is 12.1. The maximum Gasteiger partial charge on any atom is 0.270 e. The highest BCUT2D eigenvalue weighted by Gasteiger charge is 2.22. The first kappa shape index (κ1) is 14.7. The Morgan fingerprint density at radius 2 is 2.14 bits per heavy atom. The number of aromatic amines is 1. The minimum Gasteiger partial charge on any atom is -0.497 e. The molecule has 2 aromatic rings. The minimum atomic E-state index is -0.387. The van der Waals surface area contributed by atoms with Crippen molar-refractivity contribution in [1.82, 2.24) is 9.97 Å². The van der Waals surface area contributed by atoms with Gasteiger partial charge in [0.15, 0.2) is 5.16 Å². The van der Waals surface area contributed by atoms with Crippen LogP contribution in [0.15, 0.2) is 34.2 Å². The average Bonchev–Trinajstić information content (AvgIpc) is 3.37. The van der Waals surface area contributed by atoms with Crippen LogP contribution >= 0.6 is 11.8 Å². The number of ether oxygens (including phenoxy) is 1. The minimum absolute atomic E-state index is 0.0425.